The van der Waals surface area contributed by atoms with Gasteiger partial charge in [0.1, 0.15) is 11.9 Å². The maximum absolute atomic E-state index is 10.7. The Morgan fingerprint density at radius 3 is 2.70 bits per heavy atom. The Labute approximate surface area is 191 Å². The van der Waals surface area contributed by atoms with Crippen molar-refractivity contribution in [1.82, 2.24) is 25.1 Å². The van der Waals surface area contributed by atoms with Crippen LogP contribution in [0, 0.1) is 5.92 Å². The van der Waals surface area contributed by atoms with E-state index in [1.807, 2.05) is 24.5 Å². The average Bonchev–Trinajstić information content (AvgIpc) is 3.48. The van der Waals surface area contributed by atoms with Gasteiger partial charge in [0.15, 0.2) is 0 Å². The predicted octanol–water partition coefficient (Wildman–Crippen LogP) is 5.48. The van der Waals surface area contributed by atoms with Crippen molar-refractivity contribution >= 4 is 27.5 Å². The molecule has 0 bridgehead atoms. The van der Waals surface area contributed by atoms with Crippen LogP contribution in [0.25, 0.3) is 44.3 Å². The van der Waals surface area contributed by atoms with E-state index in [9.17, 15) is 5.11 Å². The number of pyridine rings is 2. The van der Waals surface area contributed by atoms with Crippen molar-refractivity contribution in [1.29, 1.82) is 0 Å². The molecule has 0 amide bonds. The number of aromatic nitrogens is 5. The summed E-state index contributed by atoms with van der Waals surface area (Å²) in [6.07, 6.45) is 12.5. The number of hydrogen-bond acceptors (Lipinski definition) is 5. The van der Waals surface area contributed by atoms with E-state index in [4.69, 9.17) is 0 Å². The van der Waals surface area contributed by atoms with Crippen LogP contribution in [0.5, 0.6) is 0 Å². The second-order valence-electron chi connectivity index (χ2n) is 8.93. The van der Waals surface area contributed by atoms with Crippen molar-refractivity contribution in [2.75, 3.05) is 5.32 Å². The van der Waals surface area contributed by atoms with E-state index in [2.05, 4.69) is 54.7 Å². The zero-order valence-corrected chi connectivity index (χ0v) is 18.3. The highest BCUT2D eigenvalue weighted by atomic mass is 16.3. The summed E-state index contributed by atoms with van der Waals surface area (Å²) in [4.78, 5) is 12.1. The lowest BCUT2D eigenvalue weighted by molar-refractivity contribution is 0.109. The van der Waals surface area contributed by atoms with Gasteiger partial charge in [-0.05, 0) is 48.7 Å². The standard InChI is InChI=1S/C26H26N6O/c33-26(16-4-2-1-3-5-16)29-20-10-18(13-28-15-20)17-6-7-23-21(11-17)25(32-31-23)24-12-19-14-27-9-8-22(19)30-24/h6-16,26,29-30,33H,1-5H2,(H,31,32). The quantitative estimate of drug-likeness (QED) is 0.272. The molecule has 1 unspecified atom stereocenters. The minimum atomic E-state index is -0.540. The number of benzene rings is 1. The summed E-state index contributed by atoms with van der Waals surface area (Å²) in [5.74, 6) is 0.304. The largest absolute Gasteiger partial charge is 0.374 e. The first-order valence-corrected chi connectivity index (χ1v) is 11.6. The number of aliphatic hydroxyl groups excluding tert-OH is 1. The van der Waals surface area contributed by atoms with Gasteiger partial charge in [0.2, 0.25) is 0 Å². The van der Waals surface area contributed by atoms with Gasteiger partial charge in [-0.1, -0.05) is 25.3 Å². The fourth-order valence-electron chi connectivity index (χ4n) is 4.91. The predicted molar refractivity (Wildman–Crippen MR) is 131 cm³/mol. The van der Waals surface area contributed by atoms with Crippen LogP contribution >= 0.6 is 0 Å². The highest BCUT2D eigenvalue weighted by molar-refractivity contribution is 5.97. The van der Waals surface area contributed by atoms with Gasteiger partial charge in [0, 0.05) is 46.4 Å². The number of rotatable bonds is 5. The minimum Gasteiger partial charge on any atom is -0.374 e. The molecule has 1 fully saturated rings. The van der Waals surface area contributed by atoms with Gasteiger partial charge in [0.05, 0.1) is 23.1 Å². The van der Waals surface area contributed by atoms with Crippen molar-refractivity contribution < 1.29 is 5.11 Å². The Kier molecular flexibility index (Phi) is 5.03. The summed E-state index contributed by atoms with van der Waals surface area (Å²) in [5, 5.41) is 23.7. The number of H-pyrrole nitrogens is 2. The molecule has 4 heterocycles. The van der Waals surface area contributed by atoms with Crippen LogP contribution < -0.4 is 5.32 Å². The first-order chi connectivity index (χ1) is 16.2. The molecule has 1 aliphatic rings. The molecule has 5 aromatic rings. The molecule has 7 heteroatoms. The lowest BCUT2D eigenvalue weighted by atomic mass is 9.88. The second kappa shape index (κ2) is 8.33. The maximum Gasteiger partial charge on any atom is 0.127 e. The van der Waals surface area contributed by atoms with Crippen LogP contribution in [0.15, 0.2) is 61.2 Å². The molecule has 0 aliphatic heterocycles. The van der Waals surface area contributed by atoms with Gasteiger partial charge >= 0.3 is 0 Å². The molecule has 0 radical (unpaired) electrons. The molecule has 7 nitrogen and oxygen atoms in total. The number of aromatic amines is 2. The molecular weight excluding hydrogens is 412 g/mol. The molecule has 4 N–H and O–H groups in total. The average molecular weight is 439 g/mol. The zero-order valence-electron chi connectivity index (χ0n) is 18.3. The Balaban J connectivity index is 1.31. The van der Waals surface area contributed by atoms with Crippen molar-refractivity contribution in [3.63, 3.8) is 0 Å². The van der Waals surface area contributed by atoms with E-state index in [1.54, 1.807) is 12.4 Å². The van der Waals surface area contributed by atoms with E-state index < -0.39 is 6.23 Å². The minimum absolute atomic E-state index is 0.304. The first-order valence-electron chi connectivity index (χ1n) is 11.6. The summed E-state index contributed by atoms with van der Waals surface area (Å²) < 4.78 is 0. The van der Waals surface area contributed by atoms with E-state index in [0.717, 1.165) is 62.8 Å². The topological polar surface area (TPSA) is 103 Å². The molecule has 166 valence electrons. The van der Waals surface area contributed by atoms with Crippen molar-refractivity contribution in [2.45, 2.75) is 38.3 Å². The van der Waals surface area contributed by atoms with E-state index in [0.29, 0.717) is 5.92 Å². The molecule has 33 heavy (non-hydrogen) atoms. The Bertz CT molecular complexity index is 1380. The number of nitrogens with zero attached hydrogens (tertiary/aromatic N) is 3. The van der Waals surface area contributed by atoms with Crippen LogP contribution in [-0.2, 0) is 0 Å². The Morgan fingerprint density at radius 1 is 0.909 bits per heavy atom. The number of aliphatic hydroxyl groups is 1. The van der Waals surface area contributed by atoms with E-state index in [1.165, 1.54) is 19.3 Å². The fourth-order valence-corrected chi connectivity index (χ4v) is 4.91. The van der Waals surface area contributed by atoms with Gasteiger partial charge in [-0.2, -0.15) is 5.10 Å². The van der Waals surface area contributed by atoms with Crippen LogP contribution in [-0.4, -0.2) is 36.5 Å². The first kappa shape index (κ1) is 19.9. The third-order valence-electron chi connectivity index (χ3n) is 6.72. The molecule has 1 aliphatic carbocycles. The van der Waals surface area contributed by atoms with Crippen molar-refractivity contribution in [2.24, 2.45) is 5.92 Å². The highest BCUT2D eigenvalue weighted by Gasteiger charge is 2.21. The fraction of sp³-hybridized carbons (Fsp3) is 0.269. The second-order valence-corrected chi connectivity index (χ2v) is 8.93. The van der Waals surface area contributed by atoms with Gasteiger partial charge in [-0.15, -0.1) is 0 Å². The van der Waals surface area contributed by atoms with Gasteiger partial charge in [-0.25, -0.2) is 0 Å². The molecule has 6 rings (SSSR count). The molecular formula is C26H26N6O. The van der Waals surface area contributed by atoms with Gasteiger partial charge in [-0.3, -0.25) is 15.1 Å². The summed E-state index contributed by atoms with van der Waals surface area (Å²) in [5.41, 5.74) is 6.70. The maximum atomic E-state index is 10.7. The van der Waals surface area contributed by atoms with Crippen LogP contribution in [0.4, 0.5) is 5.69 Å². The number of nitrogens with one attached hydrogen (secondary N) is 3. The third-order valence-corrected chi connectivity index (χ3v) is 6.72. The lowest BCUT2D eigenvalue weighted by Crippen LogP contribution is -2.30. The van der Waals surface area contributed by atoms with Gasteiger partial charge < -0.3 is 15.4 Å². The molecule has 4 aromatic heterocycles. The van der Waals surface area contributed by atoms with Gasteiger partial charge in [0.25, 0.3) is 0 Å². The zero-order chi connectivity index (χ0) is 22.2. The smallest absolute Gasteiger partial charge is 0.127 e. The monoisotopic (exact) mass is 438 g/mol. The lowest BCUT2D eigenvalue weighted by Gasteiger charge is -2.27. The van der Waals surface area contributed by atoms with Crippen LogP contribution in [0.3, 0.4) is 0 Å². The SMILES string of the molecule is OC(Nc1cncc(-c2ccc3[nH]nc(-c4cc5cnccc5[nH]4)c3c2)c1)C1CCCCC1. The van der Waals surface area contributed by atoms with E-state index >= 15 is 0 Å². The molecule has 0 spiro atoms. The molecule has 1 atom stereocenters. The van der Waals surface area contributed by atoms with Crippen molar-refractivity contribution in [3.8, 4) is 22.5 Å². The molecule has 1 saturated carbocycles. The number of hydrogen-bond donors (Lipinski definition) is 4. The molecule has 1 aromatic carbocycles. The highest BCUT2D eigenvalue weighted by Crippen LogP contribution is 2.32. The van der Waals surface area contributed by atoms with Crippen LogP contribution in [0.2, 0.25) is 0 Å². The Morgan fingerprint density at radius 2 is 1.82 bits per heavy atom. The summed E-state index contributed by atoms with van der Waals surface area (Å²) in [6, 6.07) is 12.3. The normalized spacial score (nSPS) is 15.8. The summed E-state index contributed by atoms with van der Waals surface area (Å²) in [6.45, 7) is 0. The Hall–Kier alpha value is -3.71. The summed E-state index contributed by atoms with van der Waals surface area (Å²) >= 11 is 0. The van der Waals surface area contributed by atoms with E-state index in [-0.39, 0.29) is 0 Å². The van der Waals surface area contributed by atoms with Crippen molar-refractivity contribution in [3.05, 3.63) is 61.2 Å². The summed E-state index contributed by atoms with van der Waals surface area (Å²) in [7, 11) is 0. The number of fused-ring (bicyclic) bond motifs is 2. The number of anilines is 1. The molecule has 0 saturated heterocycles. The van der Waals surface area contributed by atoms with Crippen LogP contribution in [0.1, 0.15) is 32.1 Å². The third kappa shape index (κ3) is 3.85.